The molecule has 1 heterocycles. The monoisotopic (exact) mass is 336 g/mol. The Morgan fingerprint density at radius 2 is 2.20 bits per heavy atom. The Hall–Kier alpha value is -1.38. The summed E-state index contributed by atoms with van der Waals surface area (Å²) in [6, 6.07) is 9.84. The van der Waals surface area contributed by atoms with Gasteiger partial charge in [0.2, 0.25) is 5.91 Å². The normalized spacial score (nSPS) is 18.9. The van der Waals surface area contributed by atoms with Crippen LogP contribution in [0.3, 0.4) is 0 Å². The molecule has 1 fully saturated rings. The van der Waals surface area contributed by atoms with Crippen molar-refractivity contribution in [1.82, 2.24) is 5.32 Å². The number of hydrogen-bond donors (Lipinski definition) is 1. The summed E-state index contributed by atoms with van der Waals surface area (Å²) >= 11 is 3.42. The lowest BCUT2D eigenvalue weighted by Gasteiger charge is -2.30. The highest BCUT2D eigenvalue weighted by atomic mass is 79.9. The third-order valence-electron chi connectivity index (χ3n) is 3.69. The van der Waals surface area contributed by atoms with Gasteiger partial charge in [-0.05, 0) is 37.5 Å². The molecule has 0 aromatic heterocycles. The number of carbonyl (C=O) groups is 1. The number of amides is 1. The molecule has 2 rings (SSSR count). The van der Waals surface area contributed by atoms with Gasteiger partial charge in [0, 0.05) is 17.7 Å². The zero-order valence-electron chi connectivity index (χ0n) is 11.4. The quantitative estimate of drug-likeness (QED) is 0.922. The number of halogens is 1. The first-order chi connectivity index (χ1) is 9.57. The highest BCUT2D eigenvalue weighted by Crippen LogP contribution is 2.31. The first kappa shape index (κ1) is 15.0. The summed E-state index contributed by atoms with van der Waals surface area (Å²) in [5, 5.41) is 12.3. The second-order valence-corrected chi connectivity index (χ2v) is 5.97. The van der Waals surface area contributed by atoms with Crippen LogP contribution in [-0.4, -0.2) is 19.1 Å². The van der Waals surface area contributed by atoms with E-state index in [1.807, 2.05) is 31.2 Å². The number of nitrogens with one attached hydrogen (secondary N) is 1. The third kappa shape index (κ3) is 3.20. The van der Waals surface area contributed by atoms with E-state index in [1.165, 1.54) is 0 Å². The van der Waals surface area contributed by atoms with Gasteiger partial charge in [-0.1, -0.05) is 28.1 Å². The van der Waals surface area contributed by atoms with Crippen LogP contribution < -0.4 is 5.32 Å². The fraction of sp³-hybridized carbons (Fsp3) is 0.467. The average molecular weight is 337 g/mol. The molecular formula is C15H17BrN2O2. The fourth-order valence-electron chi connectivity index (χ4n) is 2.30. The molecule has 1 amide bonds. The summed E-state index contributed by atoms with van der Waals surface area (Å²) < 4.78 is 6.21. The molecule has 1 atom stereocenters. The van der Waals surface area contributed by atoms with Gasteiger partial charge in [0.1, 0.15) is 5.41 Å². The van der Waals surface area contributed by atoms with Crippen molar-refractivity contribution in [3.63, 3.8) is 0 Å². The van der Waals surface area contributed by atoms with Crippen molar-refractivity contribution in [3.8, 4) is 6.07 Å². The lowest BCUT2D eigenvalue weighted by molar-refractivity contribution is -0.133. The van der Waals surface area contributed by atoms with Crippen LogP contribution in [0, 0.1) is 16.7 Å². The molecular weight excluding hydrogens is 320 g/mol. The number of carbonyl (C=O) groups excluding carboxylic acids is 1. The lowest BCUT2D eigenvalue weighted by Crippen LogP contribution is -2.44. The zero-order valence-corrected chi connectivity index (χ0v) is 12.9. The molecule has 0 aliphatic carbocycles. The van der Waals surface area contributed by atoms with Crippen LogP contribution in [0.5, 0.6) is 0 Å². The van der Waals surface area contributed by atoms with E-state index in [1.54, 1.807) is 0 Å². The van der Waals surface area contributed by atoms with Crippen LogP contribution in [0.25, 0.3) is 0 Å². The van der Waals surface area contributed by atoms with Crippen LogP contribution in [0.15, 0.2) is 28.7 Å². The van der Waals surface area contributed by atoms with Crippen LogP contribution in [0.4, 0.5) is 0 Å². The van der Waals surface area contributed by atoms with Gasteiger partial charge in [-0.25, -0.2) is 0 Å². The Morgan fingerprint density at radius 3 is 2.80 bits per heavy atom. The number of benzene rings is 1. The molecule has 1 aliphatic rings. The molecule has 106 valence electrons. The molecule has 0 bridgehead atoms. The van der Waals surface area contributed by atoms with Crippen molar-refractivity contribution < 1.29 is 9.53 Å². The van der Waals surface area contributed by atoms with Crippen molar-refractivity contribution in [3.05, 3.63) is 34.3 Å². The van der Waals surface area contributed by atoms with Crippen LogP contribution in [0.2, 0.25) is 0 Å². The molecule has 0 spiro atoms. The predicted octanol–water partition coefficient (Wildman–Crippen LogP) is 2.95. The maximum absolute atomic E-state index is 12.4. The van der Waals surface area contributed by atoms with Gasteiger partial charge in [0.25, 0.3) is 0 Å². The van der Waals surface area contributed by atoms with Gasteiger partial charge in [0.05, 0.1) is 12.1 Å². The topological polar surface area (TPSA) is 62.1 Å². The summed E-state index contributed by atoms with van der Waals surface area (Å²) in [6.07, 6.45) is 0.918. The molecule has 1 saturated heterocycles. The highest BCUT2D eigenvalue weighted by Gasteiger charge is 2.40. The lowest BCUT2D eigenvalue weighted by atomic mass is 9.80. The number of ether oxygens (including phenoxy) is 1. The van der Waals surface area contributed by atoms with E-state index in [0.29, 0.717) is 26.1 Å². The summed E-state index contributed by atoms with van der Waals surface area (Å²) in [5.41, 5.74) is 0.0614. The summed E-state index contributed by atoms with van der Waals surface area (Å²) in [4.78, 5) is 12.4. The van der Waals surface area contributed by atoms with Crippen molar-refractivity contribution in [1.29, 1.82) is 5.26 Å². The average Bonchev–Trinajstić information content (AvgIpc) is 2.47. The van der Waals surface area contributed by atoms with Crippen LogP contribution >= 0.6 is 15.9 Å². The first-order valence-electron chi connectivity index (χ1n) is 6.63. The van der Waals surface area contributed by atoms with E-state index in [-0.39, 0.29) is 11.9 Å². The molecule has 20 heavy (non-hydrogen) atoms. The second kappa shape index (κ2) is 6.38. The van der Waals surface area contributed by atoms with E-state index < -0.39 is 5.41 Å². The standard InChI is InChI=1S/C15H17BrN2O2/c1-11(12-3-2-4-13(16)9-12)18-14(19)15(10-17)5-7-20-8-6-15/h2-4,9,11H,5-8H2,1H3,(H,18,19). The molecule has 1 aromatic rings. The number of rotatable bonds is 3. The van der Waals surface area contributed by atoms with Crippen LogP contribution in [0.1, 0.15) is 31.4 Å². The van der Waals surface area contributed by atoms with Gasteiger partial charge >= 0.3 is 0 Å². The Bertz CT molecular complexity index is 533. The molecule has 4 nitrogen and oxygen atoms in total. The van der Waals surface area contributed by atoms with Gasteiger partial charge in [-0.15, -0.1) is 0 Å². The summed E-state index contributed by atoms with van der Waals surface area (Å²) in [5.74, 6) is -0.198. The minimum absolute atomic E-state index is 0.131. The maximum atomic E-state index is 12.4. The Labute approximate surface area is 127 Å². The van der Waals surface area contributed by atoms with Gasteiger partial charge in [-0.2, -0.15) is 5.26 Å². The van der Waals surface area contributed by atoms with Gasteiger partial charge in [0.15, 0.2) is 0 Å². The number of hydrogen-bond acceptors (Lipinski definition) is 3. The predicted molar refractivity (Wildman–Crippen MR) is 78.8 cm³/mol. The zero-order chi connectivity index (χ0) is 14.6. The van der Waals surface area contributed by atoms with Crippen molar-refractivity contribution in [2.24, 2.45) is 5.41 Å². The van der Waals surface area contributed by atoms with E-state index in [9.17, 15) is 10.1 Å². The highest BCUT2D eigenvalue weighted by molar-refractivity contribution is 9.10. The Morgan fingerprint density at radius 1 is 1.50 bits per heavy atom. The van der Waals surface area contributed by atoms with E-state index >= 15 is 0 Å². The second-order valence-electron chi connectivity index (χ2n) is 5.06. The minimum Gasteiger partial charge on any atom is -0.381 e. The van der Waals surface area contributed by atoms with Crippen molar-refractivity contribution >= 4 is 21.8 Å². The molecule has 1 aromatic carbocycles. The van der Waals surface area contributed by atoms with E-state index in [0.717, 1.165) is 10.0 Å². The third-order valence-corrected chi connectivity index (χ3v) is 4.18. The first-order valence-corrected chi connectivity index (χ1v) is 7.42. The molecule has 1 unspecified atom stereocenters. The molecule has 1 aliphatic heterocycles. The Kier molecular flexibility index (Phi) is 4.79. The number of nitriles is 1. The molecule has 1 N–H and O–H groups in total. The maximum Gasteiger partial charge on any atom is 0.241 e. The largest absolute Gasteiger partial charge is 0.381 e. The molecule has 0 saturated carbocycles. The van der Waals surface area contributed by atoms with E-state index in [2.05, 4.69) is 27.3 Å². The summed E-state index contributed by atoms with van der Waals surface area (Å²) in [6.45, 7) is 2.85. The van der Waals surface area contributed by atoms with Crippen molar-refractivity contribution in [2.45, 2.75) is 25.8 Å². The van der Waals surface area contributed by atoms with Gasteiger partial charge < -0.3 is 10.1 Å². The Balaban J connectivity index is 2.09. The van der Waals surface area contributed by atoms with Crippen LogP contribution in [-0.2, 0) is 9.53 Å². The molecule has 0 radical (unpaired) electrons. The van der Waals surface area contributed by atoms with Gasteiger partial charge in [-0.3, -0.25) is 4.79 Å². The van der Waals surface area contributed by atoms with Crippen molar-refractivity contribution in [2.75, 3.05) is 13.2 Å². The fourth-order valence-corrected chi connectivity index (χ4v) is 2.72. The SMILES string of the molecule is CC(NC(=O)C1(C#N)CCOCC1)c1cccc(Br)c1. The smallest absolute Gasteiger partial charge is 0.241 e. The molecule has 5 heteroatoms. The summed E-state index contributed by atoms with van der Waals surface area (Å²) in [7, 11) is 0. The number of nitrogens with zero attached hydrogens (tertiary/aromatic N) is 1. The van der Waals surface area contributed by atoms with E-state index in [4.69, 9.17) is 4.74 Å². The minimum atomic E-state index is -0.946.